The van der Waals surface area contributed by atoms with E-state index in [9.17, 15) is 22.4 Å². The number of amides is 1. The van der Waals surface area contributed by atoms with E-state index < -0.39 is 24.3 Å². The molecule has 0 aromatic heterocycles. The second-order valence-electron chi connectivity index (χ2n) is 3.40. The van der Waals surface area contributed by atoms with E-state index >= 15 is 0 Å². The number of piperidine rings is 1. The van der Waals surface area contributed by atoms with Crippen LogP contribution in [0.2, 0.25) is 0 Å². The maximum atomic E-state index is 13.0. The lowest BCUT2D eigenvalue weighted by atomic mass is 10.0. The fraction of sp³-hybridized carbons (Fsp3) is 0.875. The third-order valence-electron chi connectivity index (χ3n) is 2.40. The molecule has 1 amide bonds. The molecule has 0 aliphatic carbocycles. The van der Waals surface area contributed by atoms with Crippen LogP contribution < -0.4 is 0 Å². The Morgan fingerprint density at radius 2 is 2.00 bits per heavy atom. The van der Waals surface area contributed by atoms with Crippen LogP contribution in [0.5, 0.6) is 0 Å². The molecule has 0 spiro atoms. The summed E-state index contributed by atoms with van der Waals surface area (Å²) in [6, 6.07) is -0.974. The maximum absolute atomic E-state index is 13.0. The second kappa shape index (κ2) is 3.74. The van der Waals surface area contributed by atoms with Crippen LogP contribution in [0.25, 0.3) is 0 Å². The van der Waals surface area contributed by atoms with Gasteiger partial charge in [0.15, 0.2) is 0 Å². The van der Waals surface area contributed by atoms with Gasteiger partial charge in [0, 0.05) is 6.54 Å². The monoisotopic (exact) mass is 213 g/mol. The minimum Gasteiger partial charge on any atom is -0.329 e. The van der Waals surface area contributed by atoms with Crippen molar-refractivity contribution in [3.63, 3.8) is 0 Å². The molecule has 0 radical (unpaired) electrons. The summed E-state index contributed by atoms with van der Waals surface area (Å²) in [5, 5.41) is 0. The van der Waals surface area contributed by atoms with Crippen LogP contribution in [0.15, 0.2) is 0 Å². The van der Waals surface area contributed by atoms with Gasteiger partial charge in [-0.15, -0.1) is 0 Å². The van der Waals surface area contributed by atoms with Crippen molar-refractivity contribution < 1.29 is 22.4 Å². The third-order valence-corrected chi connectivity index (χ3v) is 2.40. The Balaban J connectivity index is 2.72. The zero-order valence-electron chi connectivity index (χ0n) is 7.64. The van der Waals surface area contributed by atoms with E-state index in [2.05, 4.69) is 0 Å². The Morgan fingerprint density at radius 3 is 2.50 bits per heavy atom. The second-order valence-corrected chi connectivity index (χ2v) is 3.40. The van der Waals surface area contributed by atoms with Crippen LogP contribution in [0, 0.1) is 0 Å². The first-order chi connectivity index (χ1) is 6.34. The van der Waals surface area contributed by atoms with E-state index in [0.717, 1.165) is 0 Å². The molecule has 0 saturated carbocycles. The van der Waals surface area contributed by atoms with Crippen molar-refractivity contribution in [1.82, 2.24) is 4.90 Å². The largest absolute Gasteiger partial charge is 0.471 e. The van der Waals surface area contributed by atoms with E-state index in [0.29, 0.717) is 4.90 Å². The summed E-state index contributed by atoms with van der Waals surface area (Å²) in [5.74, 6) is -1.94. The molecule has 6 heteroatoms. The number of carbonyl (C=O) groups excluding carboxylic acids is 1. The highest BCUT2D eigenvalue weighted by Gasteiger charge is 2.46. The molecule has 1 aliphatic rings. The van der Waals surface area contributed by atoms with Gasteiger partial charge in [0.05, 0.1) is 6.04 Å². The molecular formula is C8H11F4NO. The summed E-state index contributed by atoms with van der Waals surface area (Å²) in [6.07, 6.45) is -5.74. The fourth-order valence-corrected chi connectivity index (χ4v) is 1.55. The van der Waals surface area contributed by atoms with E-state index in [4.69, 9.17) is 0 Å². The minimum absolute atomic E-state index is 0.0140. The van der Waals surface area contributed by atoms with Crippen LogP contribution in [0.4, 0.5) is 17.6 Å². The van der Waals surface area contributed by atoms with Gasteiger partial charge in [0.25, 0.3) is 0 Å². The smallest absolute Gasteiger partial charge is 0.329 e. The fourth-order valence-electron chi connectivity index (χ4n) is 1.55. The Bertz CT molecular complexity index is 228. The number of alkyl halides is 4. The summed E-state index contributed by atoms with van der Waals surface area (Å²) < 4.78 is 49.1. The van der Waals surface area contributed by atoms with Crippen molar-refractivity contribution in [2.75, 3.05) is 6.54 Å². The summed E-state index contributed by atoms with van der Waals surface area (Å²) in [4.78, 5) is 11.4. The molecular weight excluding hydrogens is 202 g/mol. The highest BCUT2D eigenvalue weighted by atomic mass is 19.4. The predicted molar refractivity (Wildman–Crippen MR) is 41.4 cm³/mol. The molecule has 0 N–H and O–H groups in total. The van der Waals surface area contributed by atoms with Crippen molar-refractivity contribution in [2.24, 2.45) is 0 Å². The topological polar surface area (TPSA) is 20.3 Å². The quantitative estimate of drug-likeness (QED) is 0.563. The normalized spacial score (nSPS) is 29.1. The lowest BCUT2D eigenvalue weighted by Crippen LogP contribution is -2.52. The molecule has 1 fully saturated rings. The lowest BCUT2D eigenvalue weighted by Gasteiger charge is -2.35. The molecule has 2 unspecified atom stereocenters. The number of likely N-dealkylation sites (tertiary alicyclic amines) is 1. The summed E-state index contributed by atoms with van der Waals surface area (Å²) in [7, 11) is 0. The van der Waals surface area contributed by atoms with Gasteiger partial charge >= 0.3 is 12.1 Å². The molecule has 2 nitrogen and oxygen atoms in total. The highest BCUT2D eigenvalue weighted by molar-refractivity contribution is 5.82. The first kappa shape index (κ1) is 11.3. The van der Waals surface area contributed by atoms with E-state index in [1.165, 1.54) is 6.92 Å². The van der Waals surface area contributed by atoms with E-state index in [1.807, 2.05) is 0 Å². The number of carbonyl (C=O) groups is 1. The molecule has 1 saturated heterocycles. The average Bonchev–Trinajstić information content (AvgIpc) is 2.07. The van der Waals surface area contributed by atoms with Gasteiger partial charge in [-0.05, 0) is 19.8 Å². The molecule has 82 valence electrons. The SMILES string of the molecule is CC1C(F)CCCN1C(=O)C(F)(F)F. The Kier molecular flexibility index (Phi) is 3.01. The van der Waals surface area contributed by atoms with Crippen molar-refractivity contribution in [3.05, 3.63) is 0 Å². The first-order valence-electron chi connectivity index (χ1n) is 4.36. The van der Waals surface area contributed by atoms with Crippen LogP contribution in [-0.2, 0) is 4.79 Å². The maximum Gasteiger partial charge on any atom is 0.471 e. The van der Waals surface area contributed by atoms with Crippen LogP contribution in [-0.4, -0.2) is 35.7 Å². The number of hydrogen-bond donors (Lipinski definition) is 0. The summed E-state index contributed by atoms with van der Waals surface area (Å²) >= 11 is 0. The van der Waals surface area contributed by atoms with Gasteiger partial charge in [-0.2, -0.15) is 13.2 Å². The molecule has 0 bridgehead atoms. The van der Waals surface area contributed by atoms with Crippen LogP contribution >= 0.6 is 0 Å². The Hall–Kier alpha value is -0.810. The van der Waals surface area contributed by atoms with Crippen molar-refractivity contribution >= 4 is 5.91 Å². The van der Waals surface area contributed by atoms with E-state index in [-0.39, 0.29) is 19.4 Å². The Morgan fingerprint density at radius 1 is 1.43 bits per heavy atom. The van der Waals surface area contributed by atoms with Gasteiger partial charge < -0.3 is 4.90 Å². The molecule has 1 aliphatic heterocycles. The van der Waals surface area contributed by atoms with Gasteiger partial charge in [0.1, 0.15) is 6.17 Å². The number of halogens is 4. The standard InChI is InChI=1S/C8H11F4NO/c1-5-6(9)3-2-4-13(5)7(14)8(10,11)12/h5-6H,2-4H2,1H3. The van der Waals surface area contributed by atoms with Crippen molar-refractivity contribution in [2.45, 2.75) is 38.2 Å². The molecule has 1 heterocycles. The van der Waals surface area contributed by atoms with Gasteiger partial charge in [-0.1, -0.05) is 0 Å². The van der Waals surface area contributed by atoms with Gasteiger partial charge in [-0.3, -0.25) is 4.79 Å². The third kappa shape index (κ3) is 2.16. The number of hydrogen-bond acceptors (Lipinski definition) is 1. The highest BCUT2D eigenvalue weighted by Crippen LogP contribution is 2.26. The van der Waals surface area contributed by atoms with Crippen LogP contribution in [0.3, 0.4) is 0 Å². The van der Waals surface area contributed by atoms with Crippen LogP contribution in [0.1, 0.15) is 19.8 Å². The van der Waals surface area contributed by atoms with Gasteiger partial charge in [0.2, 0.25) is 0 Å². The van der Waals surface area contributed by atoms with Gasteiger partial charge in [-0.25, -0.2) is 4.39 Å². The minimum atomic E-state index is -4.90. The first-order valence-corrected chi connectivity index (χ1v) is 4.36. The van der Waals surface area contributed by atoms with Crippen molar-refractivity contribution in [1.29, 1.82) is 0 Å². The Labute approximate surface area is 78.9 Å². The number of nitrogens with zero attached hydrogens (tertiary/aromatic N) is 1. The molecule has 2 atom stereocenters. The zero-order chi connectivity index (χ0) is 10.9. The lowest BCUT2D eigenvalue weighted by molar-refractivity contribution is -0.190. The summed E-state index contributed by atoms with van der Waals surface area (Å²) in [6.45, 7) is 1.29. The molecule has 14 heavy (non-hydrogen) atoms. The average molecular weight is 213 g/mol. The molecule has 0 aromatic carbocycles. The summed E-state index contributed by atoms with van der Waals surface area (Å²) in [5.41, 5.74) is 0. The molecule has 1 rings (SSSR count). The zero-order valence-corrected chi connectivity index (χ0v) is 7.64. The van der Waals surface area contributed by atoms with Crippen molar-refractivity contribution in [3.8, 4) is 0 Å². The predicted octanol–water partition coefficient (Wildman–Crippen LogP) is 1.90. The van der Waals surface area contributed by atoms with E-state index in [1.54, 1.807) is 0 Å². The molecule has 0 aromatic rings. The number of rotatable bonds is 0.